The van der Waals surface area contributed by atoms with Crippen LogP contribution in [0.5, 0.6) is 0 Å². The van der Waals surface area contributed by atoms with E-state index in [0.29, 0.717) is 5.92 Å². The van der Waals surface area contributed by atoms with Crippen LogP contribution < -0.4 is 4.72 Å². The smallest absolute Gasteiger partial charge is 0.0976 e. The van der Waals surface area contributed by atoms with Gasteiger partial charge >= 0.3 is 0 Å². The highest BCUT2D eigenvalue weighted by Crippen LogP contribution is 2.23. The van der Waals surface area contributed by atoms with Gasteiger partial charge in [-0.2, -0.15) is 0 Å². The van der Waals surface area contributed by atoms with E-state index in [1.165, 1.54) is 5.56 Å². The molecular weight excluding hydrogens is 230 g/mol. The lowest BCUT2D eigenvalue weighted by Crippen LogP contribution is -2.37. The summed E-state index contributed by atoms with van der Waals surface area (Å²) in [5.74, 6) is 0.406. The topological polar surface area (TPSA) is 29.1 Å². The van der Waals surface area contributed by atoms with Gasteiger partial charge in [0.05, 0.1) is 15.7 Å². The molecule has 0 aliphatic rings. The number of benzene rings is 1. The van der Waals surface area contributed by atoms with Gasteiger partial charge in [0, 0.05) is 6.04 Å². The standard InChI is InChI=1S/C14H23NOS/c1-11(2)13(12-9-7-6-8-10-12)15-17(16)14(3,4)5/h6-11,13,15H,1-5H3/t13-,17+/m0/s1. The van der Waals surface area contributed by atoms with Crippen LogP contribution in [0.4, 0.5) is 0 Å². The Labute approximate surface area is 107 Å². The molecule has 0 aliphatic carbocycles. The largest absolute Gasteiger partial charge is 0.242 e. The SMILES string of the molecule is CC(C)[C@H](N[S@](=O)C(C)(C)C)c1ccccc1. The first-order valence-corrected chi connectivity index (χ1v) is 7.20. The van der Waals surface area contributed by atoms with E-state index in [1.807, 2.05) is 39.0 Å². The Bertz CT molecular complexity index is 368. The van der Waals surface area contributed by atoms with Gasteiger partial charge in [-0.05, 0) is 32.3 Å². The van der Waals surface area contributed by atoms with Crippen LogP contribution >= 0.6 is 0 Å². The van der Waals surface area contributed by atoms with Crippen molar-refractivity contribution in [2.75, 3.05) is 0 Å². The summed E-state index contributed by atoms with van der Waals surface area (Å²) in [7, 11) is -1.04. The van der Waals surface area contributed by atoms with Crippen LogP contribution in [-0.4, -0.2) is 8.96 Å². The Morgan fingerprint density at radius 2 is 1.65 bits per heavy atom. The fraction of sp³-hybridized carbons (Fsp3) is 0.571. The fourth-order valence-electron chi connectivity index (χ4n) is 1.54. The van der Waals surface area contributed by atoms with Gasteiger partial charge in [-0.15, -0.1) is 0 Å². The fourth-order valence-corrected chi connectivity index (χ4v) is 2.53. The first-order valence-electron chi connectivity index (χ1n) is 6.05. The molecule has 1 rings (SSSR count). The van der Waals surface area contributed by atoms with Crippen molar-refractivity contribution in [1.82, 2.24) is 4.72 Å². The van der Waals surface area contributed by atoms with Crippen molar-refractivity contribution >= 4 is 11.0 Å². The van der Waals surface area contributed by atoms with Gasteiger partial charge in [-0.3, -0.25) is 0 Å². The maximum absolute atomic E-state index is 12.2. The number of hydrogen-bond acceptors (Lipinski definition) is 1. The van der Waals surface area contributed by atoms with Crippen LogP contribution in [-0.2, 0) is 11.0 Å². The third-order valence-corrected chi connectivity index (χ3v) is 4.20. The Hall–Kier alpha value is -0.670. The predicted octanol–water partition coefficient (Wildman–Crippen LogP) is 3.44. The summed E-state index contributed by atoms with van der Waals surface area (Å²) >= 11 is 0. The molecule has 0 bridgehead atoms. The number of hydrogen-bond donors (Lipinski definition) is 1. The minimum Gasteiger partial charge on any atom is -0.242 e. The molecule has 96 valence electrons. The number of nitrogens with one attached hydrogen (secondary N) is 1. The van der Waals surface area contributed by atoms with Crippen molar-refractivity contribution in [2.45, 2.75) is 45.4 Å². The van der Waals surface area contributed by atoms with Crippen LogP contribution in [0.25, 0.3) is 0 Å². The van der Waals surface area contributed by atoms with Gasteiger partial charge in [0.15, 0.2) is 0 Å². The van der Waals surface area contributed by atoms with Gasteiger partial charge in [-0.1, -0.05) is 44.2 Å². The Morgan fingerprint density at radius 3 is 2.06 bits per heavy atom. The van der Waals surface area contributed by atoms with Crippen LogP contribution in [0.15, 0.2) is 30.3 Å². The summed E-state index contributed by atoms with van der Waals surface area (Å²) in [6, 6.07) is 10.3. The van der Waals surface area contributed by atoms with Gasteiger partial charge < -0.3 is 0 Å². The van der Waals surface area contributed by atoms with E-state index in [0.717, 1.165) is 0 Å². The highest BCUT2D eigenvalue weighted by molar-refractivity contribution is 7.84. The summed E-state index contributed by atoms with van der Waals surface area (Å²) in [5, 5.41) is 0. The maximum Gasteiger partial charge on any atom is 0.0976 e. The van der Waals surface area contributed by atoms with Crippen molar-refractivity contribution in [2.24, 2.45) is 5.92 Å². The molecule has 0 radical (unpaired) electrons. The molecule has 1 aromatic carbocycles. The highest BCUT2D eigenvalue weighted by atomic mass is 32.2. The minimum atomic E-state index is -1.04. The molecule has 2 atom stereocenters. The highest BCUT2D eigenvalue weighted by Gasteiger charge is 2.25. The van der Waals surface area contributed by atoms with E-state index < -0.39 is 11.0 Å². The molecular formula is C14H23NOS. The van der Waals surface area contributed by atoms with E-state index in [1.54, 1.807) is 0 Å². The summed E-state index contributed by atoms with van der Waals surface area (Å²) in [5.41, 5.74) is 1.19. The Kier molecular flexibility index (Phi) is 4.90. The second-order valence-electron chi connectivity index (χ2n) is 5.63. The van der Waals surface area contributed by atoms with E-state index in [-0.39, 0.29) is 10.8 Å². The Morgan fingerprint density at radius 1 is 1.12 bits per heavy atom. The second kappa shape index (κ2) is 5.78. The van der Waals surface area contributed by atoms with Crippen molar-refractivity contribution in [3.63, 3.8) is 0 Å². The van der Waals surface area contributed by atoms with E-state index >= 15 is 0 Å². The third-order valence-electron chi connectivity index (χ3n) is 2.62. The molecule has 0 amide bonds. The molecule has 1 N–H and O–H groups in total. The van der Waals surface area contributed by atoms with Crippen molar-refractivity contribution in [3.05, 3.63) is 35.9 Å². The van der Waals surface area contributed by atoms with Gasteiger partial charge in [0.25, 0.3) is 0 Å². The van der Waals surface area contributed by atoms with Crippen LogP contribution in [0.3, 0.4) is 0 Å². The van der Waals surface area contributed by atoms with Crippen molar-refractivity contribution in [1.29, 1.82) is 0 Å². The Balaban J connectivity index is 2.86. The molecule has 0 aromatic heterocycles. The van der Waals surface area contributed by atoms with E-state index in [4.69, 9.17) is 0 Å². The normalized spacial score (nSPS) is 15.9. The first kappa shape index (κ1) is 14.4. The average Bonchev–Trinajstić information content (AvgIpc) is 2.25. The summed E-state index contributed by atoms with van der Waals surface area (Å²) in [6.45, 7) is 10.2. The summed E-state index contributed by atoms with van der Waals surface area (Å²) in [6.07, 6.45) is 0. The lowest BCUT2D eigenvalue weighted by Gasteiger charge is -2.27. The quantitative estimate of drug-likeness (QED) is 0.875. The number of rotatable bonds is 4. The molecule has 0 fully saturated rings. The van der Waals surface area contributed by atoms with E-state index in [2.05, 4.69) is 30.7 Å². The van der Waals surface area contributed by atoms with Gasteiger partial charge in [0.2, 0.25) is 0 Å². The second-order valence-corrected chi connectivity index (χ2v) is 7.63. The minimum absolute atomic E-state index is 0.135. The van der Waals surface area contributed by atoms with Crippen LogP contribution in [0, 0.1) is 5.92 Å². The molecule has 1 aromatic rings. The summed E-state index contributed by atoms with van der Waals surface area (Å²) in [4.78, 5) is 0. The average molecular weight is 253 g/mol. The molecule has 17 heavy (non-hydrogen) atoms. The van der Waals surface area contributed by atoms with Crippen LogP contribution in [0.2, 0.25) is 0 Å². The molecule has 0 saturated heterocycles. The lowest BCUT2D eigenvalue weighted by atomic mass is 9.97. The maximum atomic E-state index is 12.2. The zero-order chi connectivity index (χ0) is 13.1. The van der Waals surface area contributed by atoms with Crippen molar-refractivity contribution in [3.8, 4) is 0 Å². The zero-order valence-corrected chi connectivity index (χ0v) is 12.2. The lowest BCUT2D eigenvalue weighted by molar-refractivity contribution is 0.473. The molecule has 0 saturated carbocycles. The first-order chi connectivity index (χ1) is 7.82. The molecule has 0 spiro atoms. The zero-order valence-electron chi connectivity index (χ0n) is 11.4. The van der Waals surface area contributed by atoms with Crippen LogP contribution in [0.1, 0.15) is 46.2 Å². The third kappa shape index (κ3) is 4.25. The molecule has 0 unspecified atom stereocenters. The summed E-state index contributed by atoms with van der Waals surface area (Å²) < 4.78 is 15.2. The van der Waals surface area contributed by atoms with Gasteiger partial charge in [0.1, 0.15) is 0 Å². The molecule has 3 heteroatoms. The van der Waals surface area contributed by atoms with Gasteiger partial charge in [-0.25, -0.2) is 8.93 Å². The predicted molar refractivity (Wildman–Crippen MR) is 75.1 cm³/mol. The molecule has 0 heterocycles. The molecule has 0 aliphatic heterocycles. The monoisotopic (exact) mass is 253 g/mol. The molecule has 2 nitrogen and oxygen atoms in total. The van der Waals surface area contributed by atoms with Crippen molar-refractivity contribution < 1.29 is 4.21 Å². The van der Waals surface area contributed by atoms with E-state index in [9.17, 15) is 4.21 Å².